The van der Waals surface area contributed by atoms with Gasteiger partial charge in [-0.05, 0) is 63.2 Å². The Labute approximate surface area is 163 Å². The molecule has 27 heavy (non-hydrogen) atoms. The predicted molar refractivity (Wildman–Crippen MR) is 107 cm³/mol. The number of likely N-dealkylation sites (tertiary alicyclic amines) is 2. The number of ether oxygens (including phenoxy) is 1. The zero-order chi connectivity index (χ0) is 18.9. The molecule has 3 aliphatic heterocycles. The van der Waals surface area contributed by atoms with Crippen LogP contribution in [-0.2, 0) is 15.1 Å². The SMILES string of the molecule is COC1(c2ccccc2)CCN(C(=O)[C@@H]2CC3(CCNCC3)CN2C)CC1. The fourth-order valence-electron chi connectivity index (χ4n) is 5.52. The van der Waals surface area contributed by atoms with Crippen molar-refractivity contribution in [3.8, 4) is 0 Å². The number of nitrogens with zero attached hydrogens (tertiary/aromatic N) is 2. The Kier molecular flexibility index (Phi) is 5.28. The number of methoxy groups -OCH3 is 1. The highest BCUT2D eigenvalue weighted by atomic mass is 16.5. The number of hydrogen-bond donors (Lipinski definition) is 1. The Morgan fingerprint density at radius 2 is 1.78 bits per heavy atom. The number of likely N-dealkylation sites (N-methyl/N-ethyl adjacent to an activating group) is 1. The van der Waals surface area contributed by atoms with Gasteiger partial charge >= 0.3 is 0 Å². The van der Waals surface area contributed by atoms with E-state index in [1.165, 1.54) is 18.4 Å². The molecule has 0 bridgehead atoms. The first kappa shape index (κ1) is 18.9. The molecule has 3 aliphatic rings. The van der Waals surface area contributed by atoms with Crippen molar-refractivity contribution < 1.29 is 9.53 Å². The number of carbonyl (C=O) groups excluding carboxylic acids is 1. The predicted octanol–water partition coefficient (Wildman–Crippen LogP) is 2.22. The Balaban J connectivity index is 1.41. The molecule has 1 amide bonds. The smallest absolute Gasteiger partial charge is 0.239 e. The number of amides is 1. The highest BCUT2D eigenvalue weighted by molar-refractivity contribution is 5.82. The number of nitrogens with one attached hydrogen (secondary N) is 1. The molecule has 5 heteroatoms. The monoisotopic (exact) mass is 371 g/mol. The van der Waals surface area contributed by atoms with Crippen molar-refractivity contribution >= 4 is 5.91 Å². The standard InChI is InChI=1S/C22H33N3O2/c1-24-17-21(8-12-23-13-9-21)16-19(24)20(26)25-14-10-22(27-2,11-15-25)18-6-4-3-5-7-18/h3-7,19,23H,8-17H2,1-2H3/t19-/m0/s1. The van der Waals surface area contributed by atoms with Gasteiger partial charge in [-0.25, -0.2) is 0 Å². The Bertz CT molecular complexity index is 649. The van der Waals surface area contributed by atoms with Crippen molar-refractivity contribution in [2.24, 2.45) is 5.41 Å². The van der Waals surface area contributed by atoms with Crippen LogP contribution in [0.2, 0.25) is 0 Å². The van der Waals surface area contributed by atoms with Gasteiger partial charge in [-0.2, -0.15) is 0 Å². The van der Waals surface area contributed by atoms with Crippen molar-refractivity contribution in [2.75, 3.05) is 46.9 Å². The van der Waals surface area contributed by atoms with Crippen LogP contribution in [0.15, 0.2) is 30.3 Å². The van der Waals surface area contributed by atoms with Gasteiger partial charge < -0.3 is 15.0 Å². The molecule has 1 aromatic rings. The summed E-state index contributed by atoms with van der Waals surface area (Å²) in [5.74, 6) is 0.325. The van der Waals surface area contributed by atoms with E-state index in [-0.39, 0.29) is 11.6 Å². The van der Waals surface area contributed by atoms with E-state index in [1.807, 2.05) is 6.07 Å². The molecule has 3 saturated heterocycles. The summed E-state index contributed by atoms with van der Waals surface area (Å²) in [6.45, 7) is 4.80. The van der Waals surface area contributed by atoms with Crippen molar-refractivity contribution in [3.05, 3.63) is 35.9 Å². The molecule has 0 radical (unpaired) electrons. The summed E-state index contributed by atoms with van der Waals surface area (Å²) < 4.78 is 5.97. The second kappa shape index (κ2) is 7.53. The molecule has 0 saturated carbocycles. The van der Waals surface area contributed by atoms with Crippen molar-refractivity contribution in [1.29, 1.82) is 0 Å². The van der Waals surface area contributed by atoms with E-state index in [9.17, 15) is 4.79 Å². The van der Waals surface area contributed by atoms with Crippen molar-refractivity contribution in [1.82, 2.24) is 15.1 Å². The number of rotatable bonds is 3. The van der Waals surface area contributed by atoms with Gasteiger partial charge in [0.05, 0.1) is 11.6 Å². The van der Waals surface area contributed by atoms with Gasteiger partial charge in [0.1, 0.15) is 0 Å². The maximum absolute atomic E-state index is 13.3. The van der Waals surface area contributed by atoms with E-state index in [1.54, 1.807) is 7.11 Å². The van der Waals surface area contributed by atoms with Gasteiger partial charge in [0.25, 0.3) is 0 Å². The van der Waals surface area contributed by atoms with E-state index >= 15 is 0 Å². The number of piperidine rings is 2. The van der Waals surface area contributed by atoms with Crippen LogP contribution in [0.5, 0.6) is 0 Å². The van der Waals surface area contributed by atoms with Gasteiger partial charge in [-0.15, -0.1) is 0 Å². The van der Waals surface area contributed by atoms with Gasteiger partial charge in [-0.1, -0.05) is 30.3 Å². The zero-order valence-corrected chi connectivity index (χ0v) is 16.7. The maximum Gasteiger partial charge on any atom is 0.239 e. The van der Waals surface area contributed by atoms with E-state index in [2.05, 4.69) is 46.4 Å². The van der Waals surface area contributed by atoms with Crippen LogP contribution in [0.1, 0.15) is 37.7 Å². The maximum atomic E-state index is 13.3. The van der Waals surface area contributed by atoms with Gasteiger partial charge in [-0.3, -0.25) is 9.69 Å². The normalized spacial score (nSPS) is 27.8. The fraction of sp³-hybridized carbons (Fsp3) is 0.682. The van der Waals surface area contributed by atoms with Crippen LogP contribution in [0.25, 0.3) is 0 Å². The summed E-state index contributed by atoms with van der Waals surface area (Å²) in [5.41, 5.74) is 1.32. The van der Waals surface area contributed by atoms with Crippen LogP contribution in [0.3, 0.4) is 0 Å². The van der Waals surface area contributed by atoms with Crippen LogP contribution in [0, 0.1) is 5.41 Å². The summed E-state index contributed by atoms with van der Waals surface area (Å²) in [7, 11) is 3.93. The molecule has 1 spiro atoms. The van der Waals surface area contributed by atoms with Crippen molar-refractivity contribution in [2.45, 2.75) is 43.7 Å². The summed E-state index contributed by atoms with van der Waals surface area (Å²) >= 11 is 0. The molecule has 3 heterocycles. The minimum Gasteiger partial charge on any atom is -0.373 e. The topological polar surface area (TPSA) is 44.8 Å². The van der Waals surface area contributed by atoms with Gasteiger partial charge in [0, 0.05) is 26.7 Å². The molecule has 1 N–H and O–H groups in total. The van der Waals surface area contributed by atoms with Crippen LogP contribution in [-0.4, -0.2) is 68.6 Å². The third-order valence-electron chi connectivity index (χ3n) is 7.27. The van der Waals surface area contributed by atoms with E-state index in [0.29, 0.717) is 11.3 Å². The number of carbonyl (C=O) groups is 1. The minimum absolute atomic E-state index is 0.0508. The highest BCUT2D eigenvalue weighted by Gasteiger charge is 2.47. The van der Waals surface area contributed by atoms with Crippen LogP contribution in [0.4, 0.5) is 0 Å². The second-order valence-electron chi connectivity index (χ2n) is 8.77. The third kappa shape index (κ3) is 3.53. The Morgan fingerprint density at radius 1 is 1.11 bits per heavy atom. The Hall–Kier alpha value is -1.43. The largest absolute Gasteiger partial charge is 0.373 e. The van der Waals surface area contributed by atoms with Gasteiger partial charge in [0.2, 0.25) is 5.91 Å². The minimum atomic E-state index is -0.254. The summed E-state index contributed by atoms with van der Waals surface area (Å²) in [4.78, 5) is 17.7. The molecule has 148 valence electrons. The number of benzene rings is 1. The molecule has 0 unspecified atom stereocenters. The van der Waals surface area contributed by atoms with Crippen molar-refractivity contribution in [3.63, 3.8) is 0 Å². The fourth-order valence-corrected chi connectivity index (χ4v) is 5.52. The van der Waals surface area contributed by atoms with Gasteiger partial charge in [0.15, 0.2) is 0 Å². The van der Waals surface area contributed by atoms with Crippen LogP contribution < -0.4 is 5.32 Å². The first-order valence-corrected chi connectivity index (χ1v) is 10.4. The molecule has 4 rings (SSSR count). The Morgan fingerprint density at radius 3 is 2.41 bits per heavy atom. The highest BCUT2D eigenvalue weighted by Crippen LogP contribution is 2.42. The molecular weight excluding hydrogens is 338 g/mol. The molecular formula is C22H33N3O2. The molecule has 3 fully saturated rings. The van der Waals surface area contributed by atoms with E-state index in [4.69, 9.17) is 4.74 Å². The average Bonchev–Trinajstić information content (AvgIpc) is 3.04. The molecule has 1 aromatic carbocycles. The lowest BCUT2D eigenvalue weighted by Crippen LogP contribution is -2.51. The summed E-state index contributed by atoms with van der Waals surface area (Å²) in [5, 5.41) is 3.46. The molecule has 0 aromatic heterocycles. The molecule has 0 aliphatic carbocycles. The first-order valence-electron chi connectivity index (χ1n) is 10.4. The lowest BCUT2D eigenvalue weighted by Gasteiger charge is -2.42. The number of hydrogen-bond acceptors (Lipinski definition) is 4. The molecule has 5 nitrogen and oxygen atoms in total. The van der Waals surface area contributed by atoms with E-state index < -0.39 is 0 Å². The lowest BCUT2D eigenvalue weighted by atomic mass is 9.77. The third-order valence-corrected chi connectivity index (χ3v) is 7.27. The second-order valence-corrected chi connectivity index (χ2v) is 8.77. The lowest BCUT2D eigenvalue weighted by molar-refractivity contribution is -0.141. The van der Waals surface area contributed by atoms with E-state index in [0.717, 1.165) is 52.0 Å². The average molecular weight is 372 g/mol. The molecule has 1 atom stereocenters. The quantitative estimate of drug-likeness (QED) is 0.885. The first-order chi connectivity index (χ1) is 13.1. The summed E-state index contributed by atoms with van der Waals surface area (Å²) in [6, 6.07) is 10.5. The zero-order valence-electron chi connectivity index (χ0n) is 16.7. The summed E-state index contributed by atoms with van der Waals surface area (Å²) in [6.07, 6.45) is 5.15. The van der Waals surface area contributed by atoms with Crippen LogP contribution >= 0.6 is 0 Å².